The van der Waals surface area contributed by atoms with Crippen LogP contribution in [0.2, 0.25) is 0 Å². The minimum Gasteiger partial charge on any atom is -0.457 e. The number of nitrogens with one attached hydrogen (secondary N) is 2. The van der Waals surface area contributed by atoms with E-state index in [4.69, 9.17) is 4.74 Å². The third-order valence-electron chi connectivity index (χ3n) is 6.16. The lowest BCUT2D eigenvalue weighted by molar-refractivity contribution is -0.0410. The van der Waals surface area contributed by atoms with E-state index in [9.17, 15) is 15.0 Å². The van der Waals surface area contributed by atoms with E-state index < -0.39 is 24.3 Å². The third kappa shape index (κ3) is 2.91. The zero-order valence-electron chi connectivity index (χ0n) is 16.5. The number of hydrogen-bond donors (Lipinski definition) is 4. The zero-order chi connectivity index (χ0) is 20.3. The molecule has 2 aromatic heterocycles. The van der Waals surface area contributed by atoms with Crippen molar-refractivity contribution in [3.05, 3.63) is 47.2 Å². The number of aliphatic hydroxyl groups is 2. The highest BCUT2D eigenvalue weighted by Crippen LogP contribution is 2.35. The number of hydrogen-bond acceptors (Lipinski definition) is 4. The number of carbonyl (C=O) groups is 1. The van der Waals surface area contributed by atoms with Gasteiger partial charge in [-0.1, -0.05) is 18.2 Å². The molecule has 0 spiro atoms. The first-order valence-corrected chi connectivity index (χ1v) is 10.0. The summed E-state index contributed by atoms with van der Waals surface area (Å²) in [5.74, 6) is -0.446. The van der Waals surface area contributed by atoms with Crippen LogP contribution in [0.1, 0.15) is 40.9 Å². The van der Waals surface area contributed by atoms with Crippen molar-refractivity contribution in [1.29, 1.82) is 0 Å². The van der Waals surface area contributed by atoms with Gasteiger partial charge in [0.25, 0.3) is 0 Å². The van der Waals surface area contributed by atoms with Gasteiger partial charge in [0.15, 0.2) is 0 Å². The van der Waals surface area contributed by atoms with E-state index in [1.807, 2.05) is 19.1 Å². The molecule has 0 amide bonds. The number of carbonyl (C=O) groups excluding carboxylic acids is 1. The van der Waals surface area contributed by atoms with Gasteiger partial charge in [0, 0.05) is 40.0 Å². The Hall–Kier alpha value is -2.83. The van der Waals surface area contributed by atoms with E-state index >= 15 is 0 Å². The first-order valence-electron chi connectivity index (χ1n) is 10.0. The first-order chi connectivity index (χ1) is 13.9. The molecule has 6 heteroatoms. The first kappa shape index (κ1) is 18.2. The molecule has 1 fully saturated rings. The number of H-pyrrole nitrogens is 2. The van der Waals surface area contributed by atoms with Crippen LogP contribution >= 0.6 is 0 Å². The normalized spacial score (nSPS) is 22.6. The van der Waals surface area contributed by atoms with Crippen molar-refractivity contribution in [2.45, 2.75) is 51.4 Å². The smallest absolute Gasteiger partial charge is 0.355 e. The van der Waals surface area contributed by atoms with E-state index in [-0.39, 0.29) is 0 Å². The number of para-hydroxylation sites is 1. The van der Waals surface area contributed by atoms with Gasteiger partial charge in [0.2, 0.25) is 0 Å². The Bertz CT molecular complexity index is 1240. The van der Waals surface area contributed by atoms with Gasteiger partial charge in [-0.3, -0.25) is 0 Å². The molecule has 2 atom stereocenters. The molecule has 0 radical (unpaired) electrons. The van der Waals surface area contributed by atoms with Gasteiger partial charge in [-0.25, -0.2) is 4.79 Å². The fourth-order valence-corrected chi connectivity index (χ4v) is 4.81. The molecule has 6 nitrogen and oxygen atoms in total. The quantitative estimate of drug-likeness (QED) is 0.390. The van der Waals surface area contributed by atoms with E-state index in [0.717, 1.165) is 43.8 Å². The van der Waals surface area contributed by atoms with Gasteiger partial charge < -0.3 is 24.9 Å². The van der Waals surface area contributed by atoms with Crippen molar-refractivity contribution in [3.8, 4) is 0 Å². The maximum atomic E-state index is 12.8. The fraction of sp³-hybridized carbons (Fsp3) is 0.348. The molecule has 4 N–H and O–H groups in total. The van der Waals surface area contributed by atoms with E-state index in [0.29, 0.717) is 25.0 Å². The topological polar surface area (TPSA) is 98.3 Å². The molecule has 1 aliphatic rings. The Balaban J connectivity index is 1.57. The molecule has 0 bridgehead atoms. The maximum absolute atomic E-state index is 12.8. The second kappa shape index (κ2) is 6.61. The van der Waals surface area contributed by atoms with Crippen LogP contribution in [0.5, 0.6) is 0 Å². The van der Waals surface area contributed by atoms with Crippen molar-refractivity contribution in [3.63, 3.8) is 0 Å². The van der Waals surface area contributed by atoms with Crippen LogP contribution in [-0.2, 0) is 4.74 Å². The standard InChI is InChI=1S/C23H24N2O4/c1-11-20-12(2)22(23(28)29-15-8-13(26)7-14(27)9-15)25-19(20)10-17-16-5-3-4-6-18(16)24-21(11)17/h3-6,10,13-15,24-27H,7-9H2,1-2H3. The number of aromatic nitrogens is 2. The number of ether oxygens (including phenoxy) is 1. The van der Waals surface area contributed by atoms with Gasteiger partial charge in [-0.2, -0.15) is 0 Å². The molecule has 2 aromatic carbocycles. The number of aliphatic hydroxyl groups excluding tert-OH is 2. The van der Waals surface area contributed by atoms with Crippen LogP contribution in [0, 0.1) is 13.8 Å². The molecule has 4 aromatic rings. The SMILES string of the molecule is Cc1c(C(=O)OC2CC(O)CC(O)C2)[nH]c2cc3c([nH]c4ccccc43)c(C)c12. The van der Waals surface area contributed by atoms with Gasteiger partial charge in [0.1, 0.15) is 11.8 Å². The molecule has 29 heavy (non-hydrogen) atoms. The number of rotatable bonds is 2. The molecular weight excluding hydrogens is 368 g/mol. The number of benzene rings is 2. The summed E-state index contributed by atoms with van der Waals surface area (Å²) in [5, 5.41) is 23.0. The predicted molar refractivity (Wildman–Crippen MR) is 112 cm³/mol. The Kier molecular flexibility index (Phi) is 4.15. The molecule has 2 unspecified atom stereocenters. The van der Waals surface area contributed by atoms with E-state index in [2.05, 4.69) is 35.1 Å². The van der Waals surface area contributed by atoms with E-state index in [1.54, 1.807) is 0 Å². The van der Waals surface area contributed by atoms with Crippen LogP contribution < -0.4 is 0 Å². The second-order valence-electron chi connectivity index (χ2n) is 8.18. The van der Waals surface area contributed by atoms with Crippen molar-refractivity contribution >= 4 is 38.7 Å². The minimum atomic E-state index is -0.642. The monoisotopic (exact) mass is 392 g/mol. The molecule has 150 valence electrons. The van der Waals surface area contributed by atoms with Crippen LogP contribution in [0.4, 0.5) is 0 Å². The van der Waals surface area contributed by atoms with Gasteiger partial charge in [0.05, 0.1) is 17.7 Å². The summed E-state index contributed by atoms with van der Waals surface area (Å²) < 4.78 is 5.62. The Labute approximate surface area is 167 Å². The van der Waals surface area contributed by atoms with Crippen molar-refractivity contribution in [1.82, 2.24) is 9.97 Å². The highest BCUT2D eigenvalue weighted by molar-refractivity contribution is 6.15. The van der Waals surface area contributed by atoms with Crippen LogP contribution in [0.3, 0.4) is 0 Å². The summed E-state index contributed by atoms with van der Waals surface area (Å²) in [6.45, 7) is 3.98. The van der Waals surface area contributed by atoms with Gasteiger partial charge >= 0.3 is 5.97 Å². The zero-order valence-corrected chi connectivity index (χ0v) is 16.5. The van der Waals surface area contributed by atoms with Crippen molar-refractivity contribution < 1.29 is 19.7 Å². The third-order valence-corrected chi connectivity index (χ3v) is 6.16. The molecule has 5 rings (SSSR count). The lowest BCUT2D eigenvalue weighted by atomic mass is 9.92. The Morgan fingerprint density at radius 2 is 1.69 bits per heavy atom. The van der Waals surface area contributed by atoms with Gasteiger partial charge in [-0.15, -0.1) is 0 Å². The average molecular weight is 392 g/mol. The molecule has 0 aliphatic heterocycles. The molecular formula is C23H24N2O4. The summed E-state index contributed by atoms with van der Waals surface area (Å²) in [5.41, 5.74) is 5.41. The lowest BCUT2D eigenvalue weighted by Crippen LogP contribution is -2.35. The summed E-state index contributed by atoms with van der Waals surface area (Å²) in [6, 6.07) is 10.3. The Morgan fingerprint density at radius 1 is 0.966 bits per heavy atom. The Morgan fingerprint density at radius 3 is 2.45 bits per heavy atom. The molecule has 1 aliphatic carbocycles. The number of esters is 1. The summed E-state index contributed by atoms with van der Waals surface area (Å²) in [4.78, 5) is 19.6. The molecule has 1 saturated carbocycles. The maximum Gasteiger partial charge on any atom is 0.355 e. The van der Waals surface area contributed by atoms with Crippen LogP contribution in [0.25, 0.3) is 32.7 Å². The lowest BCUT2D eigenvalue weighted by Gasteiger charge is -2.29. The van der Waals surface area contributed by atoms with Crippen molar-refractivity contribution in [2.24, 2.45) is 0 Å². The predicted octanol–water partition coefficient (Wildman–Crippen LogP) is 3.85. The largest absolute Gasteiger partial charge is 0.457 e. The van der Waals surface area contributed by atoms with E-state index in [1.165, 1.54) is 0 Å². The summed E-state index contributed by atoms with van der Waals surface area (Å²) in [6.07, 6.45) is -0.717. The average Bonchev–Trinajstić information content (AvgIpc) is 3.20. The minimum absolute atomic E-state index is 0.332. The summed E-state index contributed by atoms with van der Waals surface area (Å²) >= 11 is 0. The van der Waals surface area contributed by atoms with Crippen molar-refractivity contribution in [2.75, 3.05) is 0 Å². The van der Waals surface area contributed by atoms with Crippen LogP contribution in [-0.4, -0.2) is 44.5 Å². The number of fused-ring (bicyclic) bond motifs is 4. The summed E-state index contributed by atoms with van der Waals surface area (Å²) in [7, 11) is 0. The number of aryl methyl sites for hydroxylation is 2. The second-order valence-corrected chi connectivity index (χ2v) is 8.18. The van der Waals surface area contributed by atoms with Crippen LogP contribution in [0.15, 0.2) is 30.3 Å². The highest BCUT2D eigenvalue weighted by atomic mass is 16.5. The number of aromatic amines is 2. The molecule has 0 saturated heterocycles. The highest BCUT2D eigenvalue weighted by Gasteiger charge is 2.30. The molecule has 2 heterocycles. The van der Waals surface area contributed by atoms with Gasteiger partial charge in [-0.05, 0) is 43.5 Å². The fourth-order valence-electron chi connectivity index (χ4n) is 4.81.